The predicted octanol–water partition coefficient (Wildman–Crippen LogP) is 3.12. The Morgan fingerprint density at radius 1 is 1.25 bits per heavy atom. The number of nitrogens with one attached hydrogen (secondary N) is 1. The van der Waals surface area contributed by atoms with Gasteiger partial charge in [0.1, 0.15) is 0 Å². The van der Waals surface area contributed by atoms with E-state index < -0.39 is 0 Å². The fourth-order valence-electron chi connectivity index (χ4n) is 1.71. The number of anilines is 1. The molecule has 1 amide bonds. The minimum absolute atomic E-state index is 0.228. The van der Waals surface area contributed by atoms with Gasteiger partial charge in [-0.15, -0.1) is 0 Å². The highest BCUT2D eigenvalue weighted by Crippen LogP contribution is 2.18. The third-order valence-corrected chi connectivity index (χ3v) is 3.20. The van der Waals surface area contributed by atoms with Crippen LogP contribution in [0, 0.1) is 13.8 Å². The van der Waals surface area contributed by atoms with Crippen molar-refractivity contribution in [2.75, 3.05) is 12.4 Å². The van der Waals surface area contributed by atoms with Gasteiger partial charge in [0, 0.05) is 21.8 Å². The zero-order chi connectivity index (χ0) is 14.7. The Morgan fingerprint density at radius 3 is 2.70 bits per heavy atom. The van der Waals surface area contributed by atoms with Crippen molar-refractivity contribution >= 4 is 27.8 Å². The van der Waals surface area contributed by atoms with Crippen molar-refractivity contribution in [2.45, 2.75) is 13.8 Å². The Balaban J connectivity index is 2.27. The number of ether oxygens (including phenoxy) is 1. The van der Waals surface area contributed by atoms with Crippen molar-refractivity contribution in [2.24, 2.45) is 0 Å². The second kappa shape index (κ2) is 6.00. The van der Waals surface area contributed by atoms with Crippen LogP contribution in [0.5, 0.6) is 5.88 Å². The minimum atomic E-state index is -0.253. The van der Waals surface area contributed by atoms with Gasteiger partial charge in [0.2, 0.25) is 11.8 Å². The zero-order valence-corrected chi connectivity index (χ0v) is 13.0. The van der Waals surface area contributed by atoms with Crippen molar-refractivity contribution < 1.29 is 9.53 Å². The summed E-state index contributed by atoms with van der Waals surface area (Å²) in [6.45, 7) is 3.68. The van der Waals surface area contributed by atoms with Crippen molar-refractivity contribution in [1.29, 1.82) is 0 Å². The van der Waals surface area contributed by atoms with Crippen LogP contribution in [0.25, 0.3) is 0 Å². The van der Waals surface area contributed by atoms with Gasteiger partial charge in [-0.2, -0.15) is 4.98 Å². The summed E-state index contributed by atoms with van der Waals surface area (Å²) in [5.41, 5.74) is 2.17. The average Bonchev–Trinajstić information content (AvgIpc) is 2.40. The fraction of sp³-hybridized carbons (Fsp3) is 0.214. The lowest BCUT2D eigenvalue weighted by atomic mass is 10.1. The Hall–Kier alpha value is -1.95. The molecule has 0 aliphatic heterocycles. The first-order valence-corrected chi connectivity index (χ1v) is 6.76. The van der Waals surface area contributed by atoms with Gasteiger partial charge < -0.3 is 4.74 Å². The van der Waals surface area contributed by atoms with Gasteiger partial charge in [0.25, 0.3) is 5.91 Å². The van der Waals surface area contributed by atoms with Crippen LogP contribution in [0.15, 0.2) is 28.7 Å². The molecular weight excluding hydrogens is 322 g/mol. The number of hydrogen-bond donors (Lipinski definition) is 1. The normalized spacial score (nSPS) is 10.2. The number of halogens is 1. The van der Waals surface area contributed by atoms with Crippen LogP contribution < -0.4 is 10.1 Å². The summed E-state index contributed by atoms with van der Waals surface area (Å²) >= 11 is 3.35. The molecule has 0 saturated heterocycles. The van der Waals surface area contributed by atoms with Gasteiger partial charge in [-0.1, -0.05) is 22.0 Å². The van der Waals surface area contributed by atoms with Crippen LogP contribution in [0.1, 0.15) is 21.6 Å². The second-order valence-corrected chi connectivity index (χ2v) is 5.20. The first-order valence-electron chi connectivity index (χ1n) is 5.97. The van der Waals surface area contributed by atoms with Crippen LogP contribution in [0.2, 0.25) is 0 Å². The third kappa shape index (κ3) is 3.33. The summed E-state index contributed by atoms with van der Waals surface area (Å²) in [5, 5.41) is 2.68. The third-order valence-electron chi connectivity index (χ3n) is 2.71. The van der Waals surface area contributed by atoms with E-state index in [-0.39, 0.29) is 11.9 Å². The maximum Gasteiger partial charge on any atom is 0.258 e. The molecule has 0 unspecified atom stereocenters. The van der Waals surface area contributed by atoms with E-state index in [4.69, 9.17) is 4.74 Å². The molecule has 1 aromatic heterocycles. The highest BCUT2D eigenvalue weighted by Gasteiger charge is 2.12. The smallest absolute Gasteiger partial charge is 0.258 e. The number of carbonyl (C=O) groups excluding carboxylic acids is 1. The lowest BCUT2D eigenvalue weighted by Gasteiger charge is -2.08. The van der Waals surface area contributed by atoms with Crippen molar-refractivity contribution in [3.8, 4) is 5.88 Å². The van der Waals surface area contributed by atoms with Crippen molar-refractivity contribution in [3.05, 3.63) is 45.6 Å². The molecule has 0 aliphatic rings. The Kier molecular flexibility index (Phi) is 4.34. The van der Waals surface area contributed by atoms with Crippen LogP contribution in [0.4, 0.5) is 5.95 Å². The van der Waals surface area contributed by atoms with Gasteiger partial charge in [0.15, 0.2) is 0 Å². The largest absolute Gasteiger partial charge is 0.481 e. The molecule has 20 heavy (non-hydrogen) atoms. The summed E-state index contributed by atoms with van der Waals surface area (Å²) in [6, 6.07) is 7.21. The lowest BCUT2D eigenvalue weighted by molar-refractivity contribution is 0.102. The van der Waals surface area contributed by atoms with E-state index in [2.05, 4.69) is 31.2 Å². The Labute approximate surface area is 125 Å². The topological polar surface area (TPSA) is 64.1 Å². The van der Waals surface area contributed by atoms with Gasteiger partial charge >= 0.3 is 0 Å². The number of amides is 1. The standard InChI is InChI=1S/C14H14BrN3O2/c1-8-4-5-10(15)7-11(8)13(19)18-14-16-9(2)6-12(17-14)20-3/h4-7H,1-3H3,(H,16,17,18,19). The maximum atomic E-state index is 12.2. The lowest BCUT2D eigenvalue weighted by Crippen LogP contribution is -2.16. The number of benzene rings is 1. The monoisotopic (exact) mass is 335 g/mol. The van der Waals surface area contributed by atoms with Gasteiger partial charge in [-0.3, -0.25) is 10.1 Å². The Morgan fingerprint density at radius 2 is 2.00 bits per heavy atom. The SMILES string of the molecule is COc1cc(C)nc(NC(=O)c2cc(Br)ccc2C)n1. The molecule has 0 aliphatic carbocycles. The molecule has 104 valence electrons. The number of aryl methyl sites for hydroxylation is 2. The number of aromatic nitrogens is 2. The summed E-state index contributed by atoms with van der Waals surface area (Å²) in [4.78, 5) is 20.5. The molecule has 0 saturated carbocycles. The first kappa shape index (κ1) is 14.5. The van der Waals surface area contributed by atoms with Crippen LogP contribution in [-0.4, -0.2) is 23.0 Å². The van der Waals surface area contributed by atoms with E-state index in [1.54, 1.807) is 12.1 Å². The van der Waals surface area contributed by atoms with Gasteiger partial charge in [-0.25, -0.2) is 4.98 Å². The maximum absolute atomic E-state index is 12.2. The molecule has 1 aromatic carbocycles. The van der Waals surface area contributed by atoms with Crippen LogP contribution in [0.3, 0.4) is 0 Å². The molecule has 6 heteroatoms. The minimum Gasteiger partial charge on any atom is -0.481 e. The average molecular weight is 336 g/mol. The molecule has 0 atom stereocenters. The second-order valence-electron chi connectivity index (χ2n) is 4.29. The highest BCUT2D eigenvalue weighted by molar-refractivity contribution is 9.10. The first-order chi connectivity index (χ1) is 9.49. The van der Waals surface area contributed by atoms with E-state index in [0.717, 1.165) is 15.7 Å². The molecule has 5 nitrogen and oxygen atoms in total. The van der Waals surface area contributed by atoms with E-state index in [1.807, 2.05) is 26.0 Å². The van der Waals surface area contributed by atoms with Gasteiger partial charge in [-0.05, 0) is 31.5 Å². The molecule has 1 heterocycles. The van der Waals surface area contributed by atoms with E-state index in [0.29, 0.717) is 11.4 Å². The summed E-state index contributed by atoms with van der Waals surface area (Å²) < 4.78 is 5.90. The number of carbonyl (C=O) groups is 1. The van der Waals surface area contributed by atoms with Crippen molar-refractivity contribution in [3.63, 3.8) is 0 Å². The molecule has 2 aromatic rings. The van der Waals surface area contributed by atoms with E-state index >= 15 is 0 Å². The molecule has 0 bridgehead atoms. The number of hydrogen-bond acceptors (Lipinski definition) is 4. The molecular formula is C14H14BrN3O2. The summed E-state index contributed by atoms with van der Waals surface area (Å²) in [5.74, 6) is 0.390. The van der Waals surface area contributed by atoms with E-state index in [9.17, 15) is 4.79 Å². The molecule has 0 radical (unpaired) electrons. The molecule has 1 N–H and O–H groups in total. The summed E-state index contributed by atoms with van der Waals surface area (Å²) in [7, 11) is 1.52. The number of methoxy groups -OCH3 is 1. The fourth-order valence-corrected chi connectivity index (χ4v) is 2.07. The molecule has 0 fully saturated rings. The number of rotatable bonds is 3. The zero-order valence-electron chi connectivity index (χ0n) is 11.4. The van der Waals surface area contributed by atoms with Crippen LogP contribution >= 0.6 is 15.9 Å². The van der Waals surface area contributed by atoms with Crippen molar-refractivity contribution in [1.82, 2.24) is 9.97 Å². The Bertz CT molecular complexity index is 659. The molecule has 0 spiro atoms. The van der Waals surface area contributed by atoms with Crippen LogP contribution in [-0.2, 0) is 0 Å². The summed E-state index contributed by atoms with van der Waals surface area (Å²) in [6.07, 6.45) is 0. The molecule has 2 rings (SSSR count). The predicted molar refractivity (Wildman–Crippen MR) is 80.2 cm³/mol. The van der Waals surface area contributed by atoms with Gasteiger partial charge in [0.05, 0.1) is 7.11 Å². The quantitative estimate of drug-likeness (QED) is 0.935. The highest BCUT2D eigenvalue weighted by atomic mass is 79.9. The van der Waals surface area contributed by atoms with E-state index in [1.165, 1.54) is 7.11 Å². The number of nitrogens with zero attached hydrogens (tertiary/aromatic N) is 2.